The van der Waals surface area contributed by atoms with Crippen LogP contribution in [0.3, 0.4) is 0 Å². The molecule has 128 valence electrons. The first-order valence-corrected chi connectivity index (χ1v) is 10.3. The van der Waals surface area contributed by atoms with E-state index in [1.54, 1.807) is 11.8 Å². The first kappa shape index (κ1) is 18.7. The molecule has 1 aliphatic carbocycles. The second-order valence-electron chi connectivity index (χ2n) is 6.15. The van der Waals surface area contributed by atoms with Crippen molar-refractivity contribution >= 4 is 29.3 Å². The molecule has 0 heterocycles. The van der Waals surface area contributed by atoms with E-state index in [1.165, 1.54) is 42.6 Å². The molecule has 1 aromatic carbocycles. The number of hydrogen-bond acceptors (Lipinski definition) is 3. The third kappa shape index (κ3) is 5.42. The fourth-order valence-corrected chi connectivity index (χ4v) is 4.29. The lowest BCUT2D eigenvalue weighted by Gasteiger charge is -2.24. The molecule has 0 saturated heterocycles. The molecule has 1 atom stereocenters. The molecular weight excluding hydrogens is 328 g/mol. The molecule has 0 aromatic heterocycles. The fraction of sp³-hybridized carbons (Fsp3) is 0.632. The van der Waals surface area contributed by atoms with Crippen molar-refractivity contribution in [2.24, 2.45) is 0 Å². The first-order valence-electron chi connectivity index (χ1n) is 8.63. The van der Waals surface area contributed by atoms with Crippen molar-refractivity contribution in [3.05, 3.63) is 29.3 Å². The average Bonchev–Trinajstić information content (AvgIpc) is 2.60. The van der Waals surface area contributed by atoms with Crippen LogP contribution in [-0.2, 0) is 9.53 Å². The largest absolute Gasteiger partial charge is 0.466 e. The van der Waals surface area contributed by atoms with Crippen molar-refractivity contribution in [2.75, 3.05) is 12.9 Å². The number of benzene rings is 1. The van der Waals surface area contributed by atoms with E-state index >= 15 is 0 Å². The maximum atomic E-state index is 11.5. The van der Waals surface area contributed by atoms with E-state index in [0.717, 1.165) is 5.56 Å². The molecule has 1 unspecified atom stereocenters. The molecule has 2 rings (SSSR count). The number of halogens is 1. The molecule has 0 N–H and O–H groups in total. The average molecular weight is 355 g/mol. The smallest absolute Gasteiger partial charge is 0.305 e. The van der Waals surface area contributed by atoms with E-state index in [4.69, 9.17) is 16.3 Å². The predicted molar refractivity (Wildman–Crippen MR) is 98.5 cm³/mol. The lowest BCUT2D eigenvalue weighted by molar-refractivity contribution is -0.143. The van der Waals surface area contributed by atoms with Gasteiger partial charge in [0.25, 0.3) is 0 Å². The summed E-state index contributed by atoms with van der Waals surface area (Å²) >= 11 is 8.30. The van der Waals surface area contributed by atoms with Crippen molar-refractivity contribution < 1.29 is 9.53 Å². The van der Waals surface area contributed by atoms with Gasteiger partial charge >= 0.3 is 5.97 Å². The van der Waals surface area contributed by atoms with Crippen LogP contribution in [0.1, 0.15) is 74.3 Å². The van der Waals surface area contributed by atoms with Crippen LogP contribution in [-0.4, -0.2) is 18.8 Å². The zero-order valence-electron chi connectivity index (χ0n) is 14.1. The highest BCUT2D eigenvalue weighted by molar-refractivity contribution is 7.98. The molecule has 1 saturated carbocycles. The number of esters is 1. The van der Waals surface area contributed by atoms with Gasteiger partial charge in [0.15, 0.2) is 0 Å². The highest BCUT2D eigenvalue weighted by Gasteiger charge is 2.20. The van der Waals surface area contributed by atoms with E-state index in [-0.39, 0.29) is 11.3 Å². The topological polar surface area (TPSA) is 26.3 Å². The van der Waals surface area contributed by atoms with Crippen molar-refractivity contribution in [3.63, 3.8) is 0 Å². The third-order valence-corrected chi connectivity index (χ3v) is 5.84. The molecule has 0 radical (unpaired) electrons. The minimum absolute atomic E-state index is 0.134. The number of alkyl halides is 1. The highest BCUT2D eigenvalue weighted by Crippen LogP contribution is 2.39. The van der Waals surface area contributed by atoms with E-state index < -0.39 is 0 Å². The molecule has 23 heavy (non-hydrogen) atoms. The van der Waals surface area contributed by atoms with Gasteiger partial charge in [0.1, 0.15) is 0 Å². The summed E-state index contributed by atoms with van der Waals surface area (Å²) in [6.45, 7) is 2.25. The lowest BCUT2D eigenvalue weighted by atomic mass is 9.83. The van der Waals surface area contributed by atoms with Crippen LogP contribution in [0.4, 0.5) is 0 Å². The van der Waals surface area contributed by atoms with Crippen LogP contribution in [0.15, 0.2) is 23.1 Å². The summed E-state index contributed by atoms with van der Waals surface area (Å²) in [6.07, 6.45) is 9.81. The summed E-state index contributed by atoms with van der Waals surface area (Å²) in [4.78, 5) is 12.8. The molecule has 4 heteroatoms. The predicted octanol–water partition coefficient (Wildman–Crippen LogP) is 6.08. The molecule has 0 aliphatic heterocycles. The van der Waals surface area contributed by atoms with Gasteiger partial charge in [-0.3, -0.25) is 4.79 Å². The van der Waals surface area contributed by atoms with E-state index in [1.807, 2.05) is 6.92 Å². The summed E-state index contributed by atoms with van der Waals surface area (Å²) in [5.41, 5.74) is 2.59. The number of rotatable bonds is 7. The molecule has 0 bridgehead atoms. The summed E-state index contributed by atoms with van der Waals surface area (Å²) in [7, 11) is 0. The second-order valence-corrected chi connectivity index (χ2v) is 7.52. The maximum Gasteiger partial charge on any atom is 0.305 e. The van der Waals surface area contributed by atoms with Crippen LogP contribution < -0.4 is 0 Å². The van der Waals surface area contributed by atoms with Gasteiger partial charge in [0, 0.05) is 11.3 Å². The second kappa shape index (κ2) is 9.58. The highest BCUT2D eigenvalue weighted by atomic mass is 35.5. The maximum absolute atomic E-state index is 11.5. The summed E-state index contributed by atoms with van der Waals surface area (Å²) < 4.78 is 4.97. The van der Waals surface area contributed by atoms with E-state index in [2.05, 4.69) is 24.5 Å². The molecule has 1 fully saturated rings. The monoisotopic (exact) mass is 354 g/mol. The van der Waals surface area contributed by atoms with Crippen LogP contribution >= 0.6 is 23.4 Å². The molecule has 0 spiro atoms. The van der Waals surface area contributed by atoms with Gasteiger partial charge in [-0.15, -0.1) is 23.4 Å². The number of carbonyl (C=O) groups is 1. The minimum atomic E-state index is -0.165. The van der Waals surface area contributed by atoms with Gasteiger partial charge in [0.2, 0.25) is 0 Å². The van der Waals surface area contributed by atoms with Crippen molar-refractivity contribution in [1.29, 1.82) is 0 Å². The van der Waals surface area contributed by atoms with Crippen LogP contribution in [0.25, 0.3) is 0 Å². The van der Waals surface area contributed by atoms with E-state index in [0.29, 0.717) is 25.4 Å². The zero-order valence-corrected chi connectivity index (χ0v) is 15.7. The van der Waals surface area contributed by atoms with Gasteiger partial charge in [-0.2, -0.15) is 0 Å². The Balaban J connectivity index is 2.03. The van der Waals surface area contributed by atoms with Crippen LogP contribution in [0.5, 0.6) is 0 Å². The molecule has 2 nitrogen and oxygen atoms in total. The first-order chi connectivity index (χ1) is 11.2. The fourth-order valence-electron chi connectivity index (χ4n) is 3.32. The van der Waals surface area contributed by atoms with Crippen molar-refractivity contribution in [2.45, 2.75) is 68.1 Å². The van der Waals surface area contributed by atoms with Gasteiger partial charge in [-0.05, 0) is 55.6 Å². The normalized spacial score (nSPS) is 17.0. The Morgan fingerprint density at radius 2 is 2.09 bits per heavy atom. The van der Waals surface area contributed by atoms with Crippen molar-refractivity contribution in [3.8, 4) is 0 Å². The molecular formula is C19H27ClO2S. The number of ether oxygens (including phenoxy) is 1. The van der Waals surface area contributed by atoms with Crippen molar-refractivity contribution in [1.82, 2.24) is 0 Å². The Labute approximate surface area is 149 Å². The van der Waals surface area contributed by atoms with Crippen LogP contribution in [0.2, 0.25) is 0 Å². The minimum Gasteiger partial charge on any atom is -0.466 e. The number of hydrogen-bond donors (Lipinski definition) is 0. The summed E-state index contributed by atoms with van der Waals surface area (Å²) in [6, 6.07) is 6.63. The van der Waals surface area contributed by atoms with Gasteiger partial charge < -0.3 is 4.74 Å². The van der Waals surface area contributed by atoms with Crippen LogP contribution in [0, 0.1) is 0 Å². The van der Waals surface area contributed by atoms with Gasteiger partial charge in [-0.25, -0.2) is 0 Å². The summed E-state index contributed by atoms with van der Waals surface area (Å²) in [5, 5.41) is -0.134. The van der Waals surface area contributed by atoms with Gasteiger partial charge in [-0.1, -0.05) is 31.4 Å². The Morgan fingerprint density at radius 1 is 1.35 bits per heavy atom. The quantitative estimate of drug-likeness (QED) is 0.337. The third-order valence-electron chi connectivity index (χ3n) is 4.57. The lowest BCUT2D eigenvalue weighted by Crippen LogP contribution is -2.07. The molecule has 0 amide bonds. The zero-order chi connectivity index (χ0) is 16.7. The number of carbonyl (C=O) groups excluding carboxylic acids is 1. The Hall–Kier alpha value is -0.670. The van der Waals surface area contributed by atoms with Gasteiger partial charge in [0.05, 0.1) is 12.0 Å². The van der Waals surface area contributed by atoms with E-state index in [9.17, 15) is 4.79 Å². The molecule has 1 aromatic rings. The standard InChI is InChI=1S/C19H27ClO2S/c1-3-22-19(21)12-11-17(20)15-9-10-16(18(13-15)23-2)14-7-5-4-6-8-14/h9-10,13-14,17H,3-8,11-12H2,1-2H3. The Kier molecular flexibility index (Phi) is 7.78. The summed E-state index contributed by atoms with van der Waals surface area (Å²) in [5.74, 6) is 0.538. The SMILES string of the molecule is CCOC(=O)CCC(Cl)c1ccc(C2CCCCC2)c(SC)c1. The number of thioether (sulfide) groups is 1. The Bertz CT molecular complexity index is 512. The Morgan fingerprint density at radius 3 is 2.74 bits per heavy atom. The molecule has 1 aliphatic rings.